The molecule has 1 nitrogen and oxygen atoms in total. The molecule has 0 radical (unpaired) electrons. The van der Waals surface area contributed by atoms with Crippen LogP contribution in [0.4, 0.5) is 11.4 Å². The van der Waals surface area contributed by atoms with E-state index in [1.54, 1.807) is 0 Å². The van der Waals surface area contributed by atoms with Crippen molar-refractivity contribution in [1.29, 1.82) is 0 Å². The first-order valence-electron chi connectivity index (χ1n) is 24.8. The monoisotopic (exact) mass is 883 g/mol. The Kier molecular flexibility index (Phi) is 10.1. The Bertz CT molecular complexity index is 3650. The number of nitrogens with zero attached hydrogens (tertiary/aromatic N) is 1. The van der Waals surface area contributed by atoms with Gasteiger partial charge < -0.3 is 4.90 Å². The molecular formula is C68H53N. The minimum Gasteiger partial charge on any atom is -0.311 e. The molecule has 0 heterocycles. The van der Waals surface area contributed by atoms with Gasteiger partial charge in [0.1, 0.15) is 0 Å². The first-order valence-corrected chi connectivity index (χ1v) is 24.8. The van der Waals surface area contributed by atoms with Gasteiger partial charge in [0.05, 0.1) is 0 Å². The van der Waals surface area contributed by atoms with E-state index in [4.69, 9.17) is 0 Å². The normalized spacial score (nSPS) is 16.8. The van der Waals surface area contributed by atoms with E-state index in [2.05, 4.69) is 249 Å². The smallest absolute Gasteiger partial charge is 0.0461 e. The van der Waals surface area contributed by atoms with Crippen LogP contribution in [0.3, 0.4) is 0 Å². The van der Waals surface area contributed by atoms with Crippen molar-refractivity contribution >= 4 is 32.9 Å². The van der Waals surface area contributed by atoms with Crippen molar-refractivity contribution in [2.24, 2.45) is 0 Å². The maximum absolute atomic E-state index is 2.48. The molecule has 10 aromatic rings. The predicted molar refractivity (Wildman–Crippen MR) is 292 cm³/mol. The van der Waals surface area contributed by atoms with Crippen LogP contribution in [0.1, 0.15) is 64.8 Å². The van der Waals surface area contributed by atoms with Gasteiger partial charge in [0.15, 0.2) is 0 Å². The van der Waals surface area contributed by atoms with Gasteiger partial charge >= 0.3 is 0 Å². The Balaban J connectivity index is 0.950. The highest BCUT2D eigenvalue weighted by Gasteiger charge is 2.37. The molecule has 1 saturated carbocycles. The first kappa shape index (κ1) is 41.2. The van der Waals surface area contributed by atoms with Crippen molar-refractivity contribution < 1.29 is 0 Å². The molecule has 10 aromatic carbocycles. The Morgan fingerprint density at radius 3 is 1.42 bits per heavy atom. The topological polar surface area (TPSA) is 3.24 Å². The van der Waals surface area contributed by atoms with E-state index in [0.29, 0.717) is 17.8 Å². The fourth-order valence-electron chi connectivity index (χ4n) is 12.1. The number of hydrogen-bond acceptors (Lipinski definition) is 1. The van der Waals surface area contributed by atoms with Gasteiger partial charge in [-0.3, -0.25) is 0 Å². The molecule has 2 bridgehead atoms. The summed E-state index contributed by atoms with van der Waals surface area (Å²) in [6.45, 7) is 4.53. The van der Waals surface area contributed by atoms with Gasteiger partial charge in [-0.15, -0.1) is 0 Å². The first-order chi connectivity index (χ1) is 34.0. The van der Waals surface area contributed by atoms with Crippen LogP contribution in [0.15, 0.2) is 236 Å². The maximum atomic E-state index is 2.48. The van der Waals surface area contributed by atoms with E-state index in [1.807, 2.05) is 0 Å². The molecule has 0 saturated heterocycles. The quantitative estimate of drug-likeness (QED) is 0.161. The fourth-order valence-corrected chi connectivity index (χ4v) is 12.1. The number of fused-ring (bicyclic) bond motifs is 2. The summed E-state index contributed by atoms with van der Waals surface area (Å²) in [5.41, 5.74) is 23.3. The minimum atomic E-state index is 0.359. The summed E-state index contributed by atoms with van der Waals surface area (Å²) >= 11 is 0. The summed E-state index contributed by atoms with van der Waals surface area (Å²) < 4.78 is 0. The number of aryl methyl sites for hydroxylation is 2. The molecule has 0 amide bonds. The molecule has 0 N–H and O–H groups in total. The van der Waals surface area contributed by atoms with Crippen LogP contribution in [0, 0.1) is 13.8 Å². The van der Waals surface area contributed by atoms with Gasteiger partial charge in [0.2, 0.25) is 0 Å². The highest BCUT2D eigenvalue weighted by atomic mass is 15.1. The van der Waals surface area contributed by atoms with Crippen LogP contribution in [-0.2, 0) is 0 Å². The molecule has 1 fully saturated rings. The summed E-state index contributed by atoms with van der Waals surface area (Å²) in [5.74, 6) is 1.32. The number of allylic oxidation sites excluding steroid dienone is 3. The van der Waals surface area contributed by atoms with Crippen LogP contribution >= 0.6 is 0 Å². The lowest BCUT2D eigenvalue weighted by molar-refractivity contribution is 0.356. The second kappa shape index (κ2) is 17.0. The van der Waals surface area contributed by atoms with E-state index in [-0.39, 0.29) is 0 Å². The molecule has 4 aliphatic carbocycles. The maximum Gasteiger partial charge on any atom is 0.0461 e. The van der Waals surface area contributed by atoms with Crippen molar-refractivity contribution in [3.63, 3.8) is 0 Å². The van der Waals surface area contributed by atoms with Crippen molar-refractivity contribution in [3.8, 4) is 55.6 Å². The third-order valence-electron chi connectivity index (χ3n) is 15.7. The fraction of sp³-hybridized carbons (Fsp3) is 0.118. The Morgan fingerprint density at radius 2 is 0.855 bits per heavy atom. The molecular weight excluding hydrogens is 831 g/mol. The van der Waals surface area contributed by atoms with Crippen LogP contribution < -0.4 is 4.90 Å². The van der Waals surface area contributed by atoms with Gasteiger partial charge in [-0.05, 0) is 186 Å². The van der Waals surface area contributed by atoms with Gasteiger partial charge in [0, 0.05) is 23.0 Å². The second-order valence-electron chi connectivity index (χ2n) is 19.6. The summed E-state index contributed by atoms with van der Waals surface area (Å²) in [6.07, 6.45) is 10.3. The molecule has 14 rings (SSSR count). The van der Waals surface area contributed by atoms with E-state index in [0.717, 1.165) is 30.6 Å². The zero-order chi connectivity index (χ0) is 46.0. The minimum absolute atomic E-state index is 0.359. The summed E-state index contributed by atoms with van der Waals surface area (Å²) in [5, 5.41) is 5.55. The molecule has 1 unspecified atom stereocenters. The summed E-state index contributed by atoms with van der Waals surface area (Å²) in [7, 11) is 0. The molecule has 0 aliphatic heterocycles. The van der Waals surface area contributed by atoms with Gasteiger partial charge in [0.25, 0.3) is 0 Å². The van der Waals surface area contributed by atoms with E-state index >= 15 is 0 Å². The lowest BCUT2D eigenvalue weighted by atomic mass is 9.64. The van der Waals surface area contributed by atoms with Crippen molar-refractivity contribution in [1.82, 2.24) is 0 Å². The highest BCUT2D eigenvalue weighted by molar-refractivity contribution is 6.03. The van der Waals surface area contributed by atoms with Crippen LogP contribution in [0.25, 0.3) is 77.2 Å². The zero-order valence-electron chi connectivity index (χ0n) is 39.2. The highest BCUT2D eigenvalue weighted by Crippen LogP contribution is 2.57. The van der Waals surface area contributed by atoms with E-state index in [1.165, 1.54) is 111 Å². The summed E-state index contributed by atoms with van der Waals surface area (Å²) in [4.78, 5) is 2.42. The van der Waals surface area contributed by atoms with Gasteiger partial charge in [-0.25, -0.2) is 0 Å². The van der Waals surface area contributed by atoms with E-state index in [9.17, 15) is 0 Å². The Morgan fingerprint density at radius 1 is 0.377 bits per heavy atom. The van der Waals surface area contributed by atoms with Gasteiger partial charge in [-0.2, -0.15) is 0 Å². The second-order valence-corrected chi connectivity index (χ2v) is 19.6. The van der Waals surface area contributed by atoms with Gasteiger partial charge in [-0.1, -0.05) is 194 Å². The zero-order valence-corrected chi connectivity index (χ0v) is 39.2. The standard InChI is InChI=1S/C68H53N/c1-44-13-11-21-62-57(44)37-39-64-59-19-9-10-20-60(59)66-43-51(29-36-61(66)65-40-38-58-45(2)14-12-22-63(58)68(65)53-41-52(42-53)67(62)64)50-27-34-56(35-28-50)69(54-30-23-48(24-31-54)46-15-5-3-6-16-46)55-32-25-49(26-33-55)47-17-7-4-8-18-47/h3-25,27-40,43,49,52-53H,26,41-42H2,1-2H3. The molecule has 330 valence electrons. The largest absolute Gasteiger partial charge is 0.311 e. The molecule has 1 heteroatoms. The van der Waals surface area contributed by atoms with Crippen molar-refractivity contribution in [2.45, 2.75) is 50.9 Å². The van der Waals surface area contributed by atoms with Crippen molar-refractivity contribution in [3.05, 3.63) is 264 Å². The predicted octanol–water partition coefficient (Wildman–Crippen LogP) is 18.7. The number of anilines is 2. The molecule has 69 heavy (non-hydrogen) atoms. The molecule has 0 spiro atoms. The van der Waals surface area contributed by atoms with Crippen molar-refractivity contribution in [2.75, 3.05) is 4.90 Å². The molecule has 1 atom stereocenters. The van der Waals surface area contributed by atoms with Crippen LogP contribution in [0.5, 0.6) is 0 Å². The average Bonchev–Trinajstić information content (AvgIpc) is 3.42. The molecule has 0 aromatic heterocycles. The average molecular weight is 884 g/mol. The van der Waals surface area contributed by atoms with E-state index < -0.39 is 0 Å². The summed E-state index contributed by atoms with van der Waals surface area (Å²) in [6, 6.07) is 79.7. The SMILES string of the molecule is Cc1cccc2c3c(ccc12)-c1ccccc1-c1cc(-c2ccc(N(C4=CCC(c5ccccc5)C=C4)c4ccc(-c5ccccc5)cc4)cc2)ccc1-c1ccc2c(C)cccc2c1C1CC3C1. The third-order valence-corrected chi connectivity index (χ3v) is 15.7. The lowest BCUT2D eigenvalue weighted by Crippen LogP contribution is -2.22. The lowest BCUT2D eigenvalue weighted by Gasteiger charge is -2.39. The Hall–Kier alpha value is -8.00. The number of hydrogen-bond donors (Lipinski definition) is 0. The number of benzene rings is 10. The number of rotatable bonds is 6. The van der Waals surface area contributed by atoms with Crippen LogP contribution in [-0.4, -0.2) is 0 Å². The Labute approximate surface area is 406 Å². The third kappa shape index (κ3) is 7.15. The van der Waals surface area contributed by atoms with Crippen LogP contribution in [0.2, 0.25) is 0 Å². The molecule has 4 aliphatic rings.